The Morgan fingerprint density at radius 3 is 2.50 bits per heavy atom. The first-order valence-corrected chi connectivity index (χ1v) is 8.01. The van der Waals surface area contributed by atoms with Crippen molar-refractivity contribution in [1.29, 1.82) is 0 Å². The molecule has 1 rings (SSSR count). The molecule has 1 N–H and O–H groups in total. The van der Waals surface area contributed by atoms with Crippen molar-refractivity contribution in [2.75, 3.05) is 20.3 Å². The smallest absolute Gasteiger partial charge is 0.413 e. The van der Waals surface area contributed by atoms with Crippen LogP contribution in [0.5, 0.6) is 11.5 Å². The molecule has 8 nitrogen and oxygen atoms in total. The molecule has 0 aliphatic heterocycles. The molecule has 142 valence electrons. The number of hydrogen-bond acceptors (Lipinski definition) is 7. The van der Waals surface area contributed by atoms with Gasteiger partial charge in [-0.15, -0.1) is 0 Å². The third-order valence-electron chi connectivity index (χ3n) is 2.82. The van der Waals surface area contributed by atoms with Gasteiger partial charge in [0.15, 0.2) is 18.1 Å². The molecule has 0 saturated carbocycles. The number of amides is 2. The Morgan fingerprint density at radius 2 is 1.88 bits per heavy atom. The highest BCUT2D eigenvalue weighted by atomic mass is 16.6. The lowest BCUT2D eigenvalue weighted by Crippen LogP contribution is -2.34. The second kappa shape index (κ2) is 10.8. The second-order valence-corrected chi connectivity index (χ2v) is 5.29. The van der Waals surface area contributed by atoms with Crippen LogP contribution >= 0.6 is 0 Å². The number of benzene rings is 1. The van der Waals surface area contributed by atoms with Gasteiger partial charge in [0, 0.05) is 6.08 Å². The molecule has 0 fully saturated rings. The maximum atomic E-state index is 11.6. The molecular weight excluding hydrogens is 342 g/mol. The van der Waals surface area contributed by atoms with E-state index in [4.69, 9.17) is 14.2 Å². The van der Waals surface area contributed by atoms with E-state index in [2.05, 4.69) is 4.74 Å². The number of imide groups is 1. The van der Waals surface area contributed by atoms with Crippen molar-refractivity contribution in [2.24, 2.45) is 0 Å². The van der Waals surface area contributed by atoms with E-state index in [1.165, 1.54) is 13.2 Å². The number of methoxy groups -OCH3 is 1. The first kappa shape index (κ1) is 21.0. The standard InChI is InChI=1S/C18H23NO7/c1-5-24-18(22)19-16(20)11-25-17(21)9-7-13-6-8-14(26-12(2)3)15(10-13)23-4/h6-10,12H,5,11H2,1-4H3,(H,19,20,22)/b9-7+. The van der Waals surface area contributed by atoms with Gasteiger partial charge in [0.25, 0.3) is 5.91 Å². The van der Waals surface area contributed by atoms with Crippen molar-refractivity contribution in [2.45, 2.75) is 26.9 Å². The number of ether oxygens (including phenoxy) is 4. The van der Waals surface area contributed by atoms with E-state index in [-0.39, 0.29) is 12.7 Å². The molecule has 0 atom stereocenters. The molecule has 0 radical (unpaired) electrons. The van der Waals surface area contributed by atoms with Crippen molar-refractivity contribution in [3.8, 4) is 11.5 Å². The third kappa shape index (κ3) is 7.69. The Labute approximate surface area is 152 Å². The average Bonchev–Trinajstić information content (AvgIpc) is 2.58. The molecule has 8 heteroatoms. The Hall–Kier alpha value is -3.03. The first-order chi connectivity index (χ1) is 12.3. The van der Waals surface area contributed by atoms with Crippen LogP contribution in [0, 0.1) is 0 Å². The van der Waals surface area contributed by atoms with Crippen LogP contribution in [-0.2, 0) is 19.1 Å². The number of carbonyl (C=O) groups is 3. The molecule has 0 unspecified atom stereocenters. The fraction of sp³-hybridized carbons (Fsp3) is 0.389. The summed E-state index contributed by atoms with van der Waals surface area (Å²) in [7, 11) is 1.52. The number of rotatable bonds is 8. The van der Waals surface area contributed by atoms with E-state index < -0.39 is 24.6 Å². The molecule has 1 aromatic carbocycles. The summed E-state index contributed by atoms with van der Waals surface area (Å²) < 4.78 is 20.1. The molecule has 0 bridgehead atoms. The summed E-state index contributed by atoms with van der Waals surface area (Å²) in [5, 5.41) is 1.91. The number of alkyl carbamates (subject to hydrolysis) is 1. The number of carbonyl (C=O) groups excluding carboxylic acids is 3. The predicted molar refractivity (Wildman–Crippen MR) is 93.9 cm³/mol. The molecule has 0 aliphatic rings. The van der Waals surface area contributed by atoms with E-state index in [0.717, 1.165) is 6.08 Å². The summed E-state index contributed by atoms with van der Waals surface area (Å²) in [4.78, 5) is 34.0. The van der Waals surface area contributed by atoms with Crippen LogP contribution in [0.15, 0.2) is 24.3 Å². The number of hydrogen-bond donors (Lipinski definition) is 1. The second-order valence-electron chi connectivity index (χ2n) is 5.29. The Morgan fingerprint density at radius 1 is 1.15 bits per heavy atom. The maximum absolute atomic E-state index is 11.6. The lowest BCUT2D eigenvalue weighted by atomic mass is 10.2. The van der Waals surface area contributed by atoms with Gasteiger partial charge >= 0.3 is 12.1 Å². The molecule has 26 heavy (non-hydrogen) atoms. The van der Waals surface area contributed by atoms with Gasteiger partial charge in [-0.05, 0) is 44.5 Å². The van der Waals surface area contributed by atoms with Gasteiger partial charge in [0.05, 0.1) is 19.8 Å². The van der Waals surface area contributed by atoms with Crippen LogP contribution in [0.25, 0.3) is 6.08 Å². The van der Waals surface area contributed by atoms with Crippen molar-refractivity contribution in [1.82, 2.24) is 5.32 Å². The van der Waals surface area contributed by atoms with E-state index in [1.54, 1.807) is 25.1 Å². The molecule has 2 amide bonds. The van der Waals surface area contributed by atoms with Gasteiger partial charge in [-0.25, -0.2) is 9.59 Å². The summed E-state index contributed by atoms with van der Waals surface area (Å²) in [6, 6.07) is 5.18. The molecule has 0 saturated heterocycles. The summed E-state index contributed by atoms with van der Waals surface area (Å²) in [6.45, 7) is 4.95. The summed E-state index contributed by atoms with van der Waals surface area (Å²) in [5.74, 6) is -0.381. The Balaban J connectivity index is 2.57. The highest BCUT2D eigenvalue weighted by Gasteiger charge is 2.10. The lowest BCUT2D eigenvalue weighted by Gasteiger charge is -2.13. The molecule has 0 heterocycles. The van der Waals surface area contributed by atoms with E-state index in [1.807, 2.05) is 19.2 Å². The van der Waals surface area contributed by atoms with Crippen molar-refractivity contribution >= 4 is 24.0 Å². The van der Waals surface area contributed by atoms with Gasteiger partial charge < -0.3 is 18.9 Å². The fourth-order valence-corrected chi connectivity index (χ4v) is 1.81. The van der Waals surface area contributed by atoms with Crippen LogP contribution in [0.2, 0.25) is 0 Å². The van der Waals surface area contributed by atoms with E-state index in [9.17, 15) is 14.4 Å². The summed E-state index contributed by atoms with van der Waals surface area (Å²) in [5.41, 5.74) is 0.686. The zero-order valence-corrected chi connectivity index (χ0v) is 15.2. The van der Waals surface area contributed by atoms with Gasteiger partial charge in [-0.3, -0.25) is 10.1 Å². The van der Waals surface area contributed by atoms with Crippen LogP contribution in [0.1, 0.15) is 26.3 Å². The zero-order valence-electron chi connectivity index (χ0n) is 15.2. The number of nitrogens with one attached hydrogen (secondary N) is 1. The average molecular weight is 365 g/mol. The predicted octanol–water partition coefficient (Wildman–Crippen LogP) is 2.31. The van der Waals surface area contributed by atoms with E-state index in [0.29, 0.717) is 17.1 Å². The third-order valence-corrected chi connectivity index (χ3v) is 2.82. The molecule has 0 aliphatic carbocycles. The Bertz CT molecular complexity index is 668. The fourth-order valence-electron chi connectivity index (χ4n) is 1.81. The molecular formula is C18H23NO7. The normalized spacial score (nSPS) is 10.5. The summed E-state index contributed by atoms with van der Waals surface area (Å²) in [6.07, 6.45) is 1.78. The minimum absolute atomic E-state index is 0.000948. The first-order valence-electron chi connectivity index (χ1n) is 8.01. The van der Waals surface area contributed by atoms with E-state index >= 15 is 0 Å². The number of esters is 1. The van der Waals surface area contributed by atoms with Crippen molar-refractivity contribution in [3.63, 3.8) is 0 Å². The minimum atomic E-state index is -0.889. The SMILES string of the molecule is CCOC(=O)NC(=O)COC(=O)/C=C/c1ccc(OC(C)C)c(OC)c1. The van der Waals surface area contributed by atoms with Crippen LogP contribution in [0.3, 0.4) is 0 Å². The van der Waals surface area contributed by atoms with Crippen LogP contribution < -0.4 is 14.8 Å². The molecule has 0 spiro atoms. The monoisotopic (exact) mass is 365 g/mol. The largest absolute Gasteiger partial charge is 0.493 e. The van der Waals surface area contributed by atoms with Crippen molar-refractivity contribution in [3.05, 3.63) is 29.8 Å². The topological polar surface area (TPSA) is 100 Å². The van der Waals surface area contributed by atoms with Gasteiger partial charge in [-0.2, -0.15) is 0 Å². The van der Waals surface area contributed by atoms with Crippen molar-refractivity contribution < 1.29 is 33.3 Å². The minimum Gasteiger partial charge on any atom is -0.493 e. The van der Waals surface area contributed by atoms with Gasteiger partial charge in [0.2, 0.25) is 0 Å². The summed E-state index contributed by atoms with van der Waals surface area (Å²) >= 11 is 0. The highest BCUT2D eigenvalue weighted by Crippen LogP contribution is 2.29. The van der Waals surface area contributed by atoms with Crippen LogP contribution in [0.4, 0.5) is 4.79 Å². The van der Waals surface area contributed by atoms with Crippen LogP contribution in [-0.4, -0.2) is 44.4 Å². The van der Waals surface area contributed by atoms with Gasteiger partial charge in [0.1, 0.15) is 0 Å². The highest BCUT2D eigenvalue weighted by molar-refractivity contribution is 5.94. The molecule has 1 aromatic rings. The van der Waals surface area contributed by atoms with Gasteiger partial charge in [-0.1, -0.05) is 6.07 Å². The quantitative estimate of drug-likeness (QED) is 0.557. The zero-order chi connectivity index (χ0) is 19.5. The Kier molecular flexibility index (Phi) is 8.69. The maximum Gasteiger partial charge on any atom is 0.413 e. The lowest BCUT2D eigenvalue weighted by molar-refractivity contribution is -0.143. The molecule has 0 aromatic heterocycles.